The molecule has 70 valence electrons. The Labute approximate surface area is 74.1 Å². The third-order valence-electron chi connectivity index (χ3n) is 2.53. The predicted octanol–water partition coefficient (Wildman–Crippen LogP) is 0.607. The molecule has 1 amide bonds. The average molecular weight is 170 g/mol. The third kappa shape index (κ3) is 1.61. The summed E-state index contributed by atoms with van der Waals surface area (Å²) in [6, 6.07) is 0. The van der Waals surface area contributed by atoms with E-state index >= 15 is 0 Å². The summed E-state index contributed by atoms with van der Waals surface area (Å²) < 4.78 is 0. The molecule has 0 aromatic carbocycles. The van der Waals surface area contributed by atoms with Gasteiger partial charge in [0.2, 0.25) is 5.91 Å². The van der Waals surface area contributed by atoms with Gasteiger partial charge in [0, 0.05) is 20.1 Å². The summed E-state index contributed by atoms with van der Waals surface area (Å²) in [5.74, 6) is 0.232. The molecule has 1 fully saturated rings. The molecule has 1 N–H and O–H groups in total. The molecule has 0 aliphatic carbocycles. The average Bonchev–Trinajstić information content (AvgIpc) is 2.01. The maximum Gasteiger partial charge on any atom is 0.242 e. The maximum absolute atomic E-state index is 11.7. The Balaban J connectivity index is 2.67. The highest BCUT2D eigenvalue weighted by atomic mass is 16.2. The highest BCUT2D eigenvalue weighted by Crippen LogP contribution is 2.17. The topological polar surface area (TPSA) is 32.3 Å². The van der Waals surface area contributed by atoms with Crippen LogP contribution in [-0.2, 0) is 4.79 Å². The molecular formula is C9H18N2O. The SMILES string of the molecule is CCCC1(C)NCCN(C)C1=O. The van der Waals surface area contributed by atoms with Crippen molar-refractivity contribution in [3.05, 3.63) is 0 Å². The lowest BCUT2D eigenvalue weighted by Crippen LogP contribution is -2.61. The van der Waals surface area contributed by atoms with E-state index in [4.69, 9.17) is 0 Å². The van der Waals surface area contributed by atoms with Crippen LogP contribution in [0.15, 0.2) is 0 Å². The van der Waals surface area contributed by atoms with Crippen LogP contribution in [0.5, 0.6) is 0 Å². The summed E-state index contributed by atoms with van der Waals surface area (Å²) in [7, 11) is 1.87. The van der Waals surface area contributed by atoms with Crippen LogP contribution >= 0.6 is 0 Å². The summed E-state index contributed by atoms with van der Waals surface area (Å²) in [6.07, 6.45) is 1.97. The van der Waals surface area contributed by atoms with Gasteiger partial charge in [0.05, 0.1) is 5.54 Å². The number of rotatable bonds is 2. The van der Waals surface area contributed by atoms with Gasteiger partial charge in [0.15, 0.2) is 0 Å². The quantitative estimate of drug-likeness (QED) is 0.658. The number of nitrogens with one attached hydrogen (secondary N) is 1. The maximum atomic E-state index is 11.7. The molecule has 1 atom stereocenters. The Morgan fingerprint density at radius 3 is 2.92 bits per heavy atom. The number of carbonyl (C=O) groups excluding carboxylic acids is 1. The Morgan fingerprint density at radius 1 is 1.67 bits per heavy atom. The van der Waals surface area contributed by atoms with E-state index in [0.717, 1.165) is 25.9 Å². The Bertz CT molecular complexity index is 177. The zero-order valence-corrected chi connectivity index (χ0v) is 8.18. The van der Waals surface area contributed by atoms with E-state index in [-0.39, 0.29) is 11.4 Å². The van der Waals surface area contributed by atoms with Gasteiger partial charge in [0.1, 0.15) is 0 Å². The fourth-order valence-corrected chi connectivity index (χ4v) is 1.79. The van der Waals surface area contributed by atoms with Crippen LogP contribution in [-0.4, -0.2) is 36.5 Å². The van der Waals surface area contributed by atoms with Crippen molar-refractivity contribution < 1.29 is 4.79 Å². The number of carbonyl (C=O) groups is 1. The molecule has 1 aliphatic rings. The van der Waals surface area contributed by atoms with Crippen molar-refractivity contribution in [1.29, 1.82) is 0 Å². The van der Waals surface area contributed by atoms with E-state index in [1.807, 2.05) is 18.9 Å². The molecule has 0 aromatic heterocycles. The second-order valence-electron chi connectivity index (χ2n) is 3.74. The summed E-state index contributed by atoms with van der Waals surface area (Å²) in [5, 5.41) is 3.29. The van der Waals surface area contributed by atoms with Gasteiger partial charge in [-0.05, 0) is 13.3 Å². The largest absolute Gasteiger partial charge is 0.343 e. The van der Waals surface area contributed by atoms with Crippen molar-refractivity contribution >= 4 is 5.91 Å². The first-order valence-electron chi connectivity index (χ1n) is 4.61. The van der Waals surface area contributed by atoms with Gasteiger partial charge >= 0.3 is 0 Å². The second kappa shape index (κ2) is 3.44. The van der Waals surface area contributed by atoms with E-state index in [2.05, 4.69) is 12.2 Å². The molecule has 1 saturated heterocycles. The summed E-state index contributed by atoms with van der Waals surface area (Å²) in [5.41, 5.74) is -0.304. The molecule has 1 heterocycles. The van der Waals surface area contributed by atoms with Crippen molar-refractivity contribution in [3.8, 4) is 0 Å². The minimum Gasteiger partial charge on any atom is -0.343 e. The predicted molar refractivity (Wildman–Crippen MR) is 49.0 cm³/mol. The van der Waals surface area contributed by atoms with Gasteiger partial charge in [-0.3, -0.25) is 4.79 Å². The van der Waals surface area contributed by atoms with Gasteiger partial charge in [-0.25, -0.2) is 0 Å². The number of hydrogen-bond acceptors (Lipinski definition) is 2. The van der Waals surface area contributed by atoms with Gasteiger partial charge in [0.25, 0.3) is 0 Å². The van der Waals surface area contributed by atoms with Crippen LogP contribution in [0, 0.1) is 0 Å². The normalized spacial score (nSPS) is 30.9. The van der Waals surface area contributed by atoms with E-state index in [1.165, 1.54) is 0 Å². The highest BCUT2D eigenvalue weighted by molar-refractivity contribution is 5.86. The second-order valence-corrected chi connectivity index (χ2v) is 3.74. The van der Waals surface area contributed by atoms with Crippen LogP contribution in [0.3, 0.4) is 0 Å². The number of amides is 1. The molecule has 0 spiro atoms. The molecule has 12 heavy (non-hydrogen) atoms. The van der Waals surface area contributed by atoms with Gasteiger partial charge in [-0.15, -0.1) is 0 Å². The molecule has 0 bridgehead atoms. The van der Waals surface area contributed by atoms with Crippen molar-refractivity contribution in [2.45, 2.75) is 32.2 Å². The van der Waals surface area contributed by atoms with Crippen molar-refractivity contribution in [1.82, 2.24) is 10.2 Å². The summed E-state index contributed by atoms with van der Waals surface area (Å²) in [6.45, 7) is 5.85. The highest BCUT2D eigenvalue weighted by Gasteiger charge is 2.36. The molecule has 0 saturated carbocycles. The Morgan fingerprint density at radius 2 is 2.33 bits per heavy atom. The van der Waals surface area contributed by atoms with E-state index in [1.54, 1.807) is 0 Å². The first-order valence-corrected chi connectivity index (χ1v) is 4.61. The molecule has 0 aromatic rings. The zero-order valence-electron chi connectivity index (χ0n) is 8.18. The van der Waals surface area contributed by atoms with Gasteiger partial charge in [-0.2, -0.15) is 0 Å². The van der Waals surface area contributed by atoms with Crippen LogP contribution in [0.25, 0.3) is 0 Å². The fourth-order valence-electron chi connectivity index (χ4n) is 1.79. The fraction of sp³-hybridized carbons (Fsp3) is 0.889. The smallest absolute Gasteiger partial charge is 0.242 e. The van der Waals surface area contributed by atoms with Crippen molar-refractivity contribution in [2.24, 2.45) is 0 Å². The Hall–Kier alpha value is -0.570. The third-order valence-corrected chi connectivity index (χ3v) is 2.53. The lowest BCUT2D eigenvalue weighted by atomic mass is 9.92. The summed E-state index contributed by atoms with van der Waals surface area (Å²) in [4.78, 5) is 13.5. The number of piperazine rings is 1. The number of hydrogen-bond donors (Lipinski definition) is 1. The lowest BCUT2D eigenvalue weighted by molar-refractivity contribution is -0.139. The molecule has 1 unspecified atom stereocenters. The van der Waals surface area contributed by atoms with E-state index < -0.39 is 0 Å². The van der Waals surface area contributed by atoms with E-state index in [9.17, 15) is 4.79 Å². The first-order chi connectivity index (χ1) is 5.60. The van der Waals surface area contributed by atoms with Crippen LogP contribution < -0.4 is 5.32 Å². The van der Waals surface area contributed by atoms with Crippen molar-refractivity contribution in [2.75, 3.05) is 20.1 Å². The Kier molecular flexibility index (Phi) is 2.73. The minimum absolute atomic E-state index is 0.232. The molecule has 1 rings (SSSR count). The van der Waals surface area contributed by atoms with Crippen LogP contribution in [0.1, 0.15) is 26.7 Å². The monoisotopic (exact) mass is 170 g/mol. The van der Waals surface area contributed by atoms with Crippen LogP contribution in [0.2, 0.25) is 0 Å². The molecule has 3 nitrogen and oxygen atoms in total. The molecule has 0 radical (unpaired) electrons. The molecule has 1 aliphatic heterocycles. The van der Waals surface area contributed by atoms with Crippen LogP contribution in [0.4, 0.5) is 0 Å². The first kappa shape index (κ1) is 9.52. The van der Waals surface area contributed by atoms with E-state index in [0.29, 0.717) is 0 Å². The van der Waals surface area contributed by atoms with Gasteiger partial charge in [-0.1, -0.05) is 13.3 Å². The molecular weight excluding hydrogens is 152 g/mol. The minimum atomic E-state index is -0.304. The molecule has 3 heteroatoms. The standard InChI is InChI=1S/C9H18N2O/c1-4-5-9(2)8(12)11(3)7-6-10-9/h10H,4-7H2,1-3H3. The number of likely N-dealkylation sites (N-methyl/N-ethyl adjacent to an activating group) is 1. The van der Waals surface area contributed by atoms with Gasteiger partial charge < -0.3 is 10.2 Å². The lowest BCUT2D eigenvalue weighted by Gasteiger charge is -2.38. The van der Waals surface area contributed by atoms with Crippen molar-refractivity contribution in [3.63, 3.8) is 0 Å². The zero-order chi connectivity index (χ0) is 9.19. The summed E-state index contributed by atoms with van der Waals surface area (Å²) >= 11 is 0. The number of nitrogens with zero attached hydrogens (tertiary/aromatic N) is 1.